The lowest BCUT2D eigenvalue weighted by atomic mass is 9.71. The number of Topliss-reactive ketones (excluding diaryl/α,β-unsaturated/α-hetero) is 1. The number of allylic oxidation sites excluding steroid dienone is 3. The minimum atomic E-state index is -0.685. The van der Waals surface area contributed by atoms with Gasteiger partial charge in [-0.05, 0) is 61.1 Å². The van der Waals surface area contributed by atoms with Crippen LogP contribution in [0.15, 0.2) is 89.3 Å². The third-order valence-electron chi connectivity index (χ3n) is 7.78. The van der Waals surface area contributed by atoms with E-state index >= 15 is 0 Å². The van der Waals surface area contributed by atoms with Crippen molar-refractivity contribution in [2.45, 2.75) is 38.5 Å². The number of ether oxygens (including phenoxy) is 2. The number of carbonyl (C=O) groups is 2. The van der Waals surface area contributed by atoms with Crippen LogP contribution in [0.25, 0.3) is 0 Å². The first kappa shape index (κ1) is 27.6. The minimum Gasteiger partial charge on any atom is -0.493 e. The van der Waals surface area contributed by atoms with E-state index < -0.39 is 10.8 Å². The Morgan fingerprint density at radius 3 is 2.29 bits per heavy atom. The molecule has 3 aromatic carbocycles. The van der Waals surface area contributed by atoms with Crippen molar-refractivity contribution in [3.8, 4) is 11.5 Å². The second-order valence-electron chi connectivity index (χ2n) is 10.2. The SMILES string of the molecule is COc1ccc([C@@H]2CC(=O)C3=C(C2)NC(C)=C(C(=O)Nc2ccccc2C)[C@H]3c2ccc([N+](=O)[O-])cc2)cc1OC. The standard InChI is InChI=1S/C32H31N3O6/c1-18-7-5-6-8-24(18)34-32(37)29-19(2)33-25-15-22(21-11-14-27(40-3)28(17-21)41-4)16-26(36)31(25)30(29)20-9-12-23(13-10-20)35(38)39/h5-14,17,22,30,33H,15-16H2,1-4H3,(H,34,37)/t22-,30+/m0/s1. The van der Waals surface area contributed by atoms with E-state index in [9.17, 15) is 19.7 Å². The van der Waals surface area contributed by atoms with Crippen LogP contribution < -0.4 is 20.1 Å². The molecule has 2 N–H and O–H groups in total. The zero-order valence-corrected chi connectivity index (χ0v) is 23.3. The Morgan fingerprint density at radius 2 is 1.63 bits per heavy atom. The highest BCUT2D eigenvalue weighted by Crippen LogP contribution is 2.46. The van der Waals surface area contributed by atoms with Crippen molar-refractivity contribution < 1.29 is 24.0 Å². The normalized spacial score (nSPS) is 18.4. The van der Waals surface area contributed by atoms with Gasteiger partial charge < -0.3 is 20.1 Å². The summed E-state index contributed by atoms with van der Waals surface area (Å²) in [7, 11) is 3.15. The summed E-state index contributed by atoms with van der Waals surface area (Å²) in [5.74, 6) is -0.0278. The molecule has 2 aliphatic rings. The Bertz CT molecular complexity index is 1610. The maximum Gasteiger partial charge on any atom is 0.269 e. The van der Waals surface area contributed by atoms with E-state index in [-0.39, 0.29) is 29.7 Å². The summed E-state index contributed by atoms with van der Waals surface area (Å²) in [5, 5.41) is 17.7. The maximum absolute atomic E-state index is 13.9. The predicted octanol–water partition coefficient (Wildman–Crippen LogP) is 5.92. The van der Waals surface area contributed by atoms with E-state index in [1.807, 2.05) is 56.3 Å². The van der Waals surface area contributed by atoms with Gasteiger partial charge in [-0.2, -0.15) is 0 Å². The van der Waals surface area contributed by atoms with Gasteiger partial charge in [0, 0.05) is 52.7 Å². The maximum atomic E-state index is 13.9. The van der Waals surface area contributed by atoms with Gasteiger partial charge in [0.25, 0.3) is 11.6 Å². The summed E-state index contributed by atoms with van der Waals surface area (Å²) < 4.78 is 10.9. The molecular formula is C32H31N3O6. The molecular weight excluding hydrogens is 522 g/mol. The number of nitrogens with one attached hydrogen (secondary N) is 2. The van der Waals surface area contributed by atoms with Crippen molar-refractivity contribution in [2.24, 2.45) is 0 Å². The molecule has 1 aliphatic carbocycles. The molecule has 41 heavy (non-hydrogen) atoms. The van der Waals surface area contributed by atoms with Gasteiger partial charge in [0.1, 0.15) is 0 Å². The number of benzene rings is 3. The van der Waals surface area contributed by atoms with Gasteiger partial charge in [0.2, 0.25) is 0 Å². The second kappa shape index (κ2) is 11.3. The highest BCUT2D eigenvalue weighted by atomic mass is 16.6. The fourth-order valence-corrected chi connectivity index (χ4v) is 5.71. The molecule has 210 valence electrons. The molecule has 5 rings (SSSR count). The lowest BCUT2D eigenvalue weighted by molar-refractivity contribution is -0.384. The lowest BCUT2D eigenvalue weighted by Crippen LogP contribution is -2.37. The number of carbonyl (C=O) groups excluding carboxylic acids is 2. The molecule has 0 spiro atoms. The van der Waals surface area contributed by atoms with Crippen LogP contribution in [0.3, 0.4) is 0 Å². The van der Waals surface area contributed by atoms with E-state index in [1.54, 1.807) is 26.4 Å². The van der Waals surface area contributed by atoms with Crippen LogP contribution in [-0.4, -0.2) is 30.8 Å². The smallest absolute Gasteiger partial charge is 0.269 e. The van der Waals surface area contributed by atoms with Gasteiger partial charge in [-0.15, -0.1) is 0 Å². The first-order valence-corrected chi connectivity index (χ1v) is 13.3. The Hall–Kier alpha value is -4.92. The highest BCUT2D eigenvalue weighted by Gasteiger charge is 2.41. The van der Waals surface area contributed by atoms with Crippen LogP contribution in [0.4, 0.5) is 11.4 Å². The summed E-state index contributed by atoms with van der Waals surface area (Å²) >= 11 is 0. The zero-order chi connectivity index (χ0) is 29.3. The average Bonchev–Trinajstić information content (AvgIpc) is 2.97. The molecule has 2 atom stereocenters. The predicted molar refractivity (Wildman–Crippen MR) is 155 cm³/mol. The number of dihydropyridines is 1. The number of methoxy groups -OCH3 is 2. The molecule has 1 amide bonds. The van der Waals surface area contributed by atoms with Crippen LogP contribution in [-0.2, 0) is 9.59 Å². The molecule has 9 heteroatoms. The summed E-state index contributed by atoms with van der Waals surface area (Å²) in [4.78, 5) is 38.6. The number of hydrogen-bond donors (Lipinski definition) is 2. The number of aryl methyl sites for hydroxylation is 1. The Balaban J connectivity index is 1.56. The van der Waals surface area contributed by atoms with E-state index in [0.717, 1.165) is 16.8 Å². The van der Waals surface area contributed by atoms with Gasteiger partial charge in [0.05, 0.1) is 19.1 Å². The Kier molecular flexibility index (Phi) is 7.61. The number of ketones is 1. The van der Waals surface area contributed by atoms with E-state index in [2.05, 4.69) is 10.6 Å². The van der Waals surface area contributed by atoms with Crippen LogP contribution in [0.1, 0.15) is 48.3 Å². The van der Waals surface area contributed by atoms with E-state index in [4.69, 9.17) is 9.47 Å². The quantitative estimate of drug-likeness (QED) is 0.275. The van der Waals surface area contributed by atoms with Crippen molar-refractivity contribution >= 4 is 23.1 Å². The van der Waals surface area contributed by atoms with Gasteiger partial charge in [0.15, 0.2) is 17.3 Å². The number of nitrogens with zero attached hydrogens (tertiary/aromatic N) is 1. The third kappa shape index (κ3) is 5.30. The molecule has 0 saturated carbocycles. The molecule has 3 aromatic rings. The molecule has 0 aromatic heterocycles. The van der Waals surface area contributed by atoms with Gasteiger partial charge in [-0.1, -0.05) is 36.4 Å². The van der Waals surface area contributed by atoms with Crippen molar-refractivity contribution in [3.05, 3.63) is 116 Å². The van der Waals surface area contributed by atoms with Gasteiger partial charge in [-0.25, -0.2) is 0 Å². The first-order valence-electron chi connectivity index (χ1n) is 13.3. The first-order chi connectivity index (χ1) is 19.7. The molecule has 9 nitrogen and oxygen atoms in total. The van der Waals surface area contributed by atoms with Crippen LogP contribution in [0.2, 0.25) is 0 Å². The van der Waals surface area contributed by atoms with Crippen molar-refractivity contribution in [3.63, 3.8) is 0 Å². The molecule has 0 unspecified atom stereocenters. The second-order valence-corrected chi connectivity index (χ2v) is 10.2. The molecule has 1 heterocycles. The summed E-state index contributed by atoms with van der Waals surface area (Å²) in [6, 6.07) is 19.2. The average molecular weight is 554 g/mol. The Labute approximate surface area is 238 Å². The number of nitro groups is 1. The fraction of sp³-hybridized carbons (Fsp3) is 0.250. The number of rotatable bonds is 7. The number of para-hydroxylation sites is 1. The molecule has 0 bridgehead atoms. The molecule has 1 aliphatic heterocycles. The van der Waals surface area contributed by atoms with Crippen molar-refractivity contribution in [2.75, 3.05) is 19.5 Å². The Morgan fingerprint density at radius 1 is 0.951 bits per heavy atom. The minimum absolute atomic E-state index is 0.0630. The zero-order valence-electron chi connectivity index (χ0n) is 23.3. The number of non-ortho nitro benzene ring substituents is 1. The summed E-state index contributed by atoms with van der Waals surface area (Å²) in [6.45, 7) is 3.73. The van der Waals surface area contributed by atoms with Crippen molar-refractivity contribution in [1.29, 1.82) is 0 Å². The largest absolute Gasteiger partial charge is 0.493 e. The summed E-state index contributed by atoms with van der Waals surface area (Å²) in [5.41, 5.74) is 5.37. The summed E-state index contributed by atoms with van der Waals surface area (Å²) in [6.07, 6.45) is 0.787. The van der Waals surface area contributed by atoms with Gasteiger partial charge >= 0.3 is 0 Å². The number of amides is 1. The number of nitro benzene ring substituents is 1. The van der Waals surface area contributed by atoms with Crippen LogP contribution in [0.5, 0.6) is 11.5 Å². The fourth-order valence-electron chi connectivity index (χ4n) is 5.71. The van der Waals surface area contributed by atoms with E-state index in [0.29, 0.717) is 46.0 Å². The molecule has 0 radical (unpaired) electrons. The lowest BCUT2D eigenvalue weighted by Gasteiger charge is -2.37. The number of hydrogen-bond acceptors (Lipinski definition) is 7. The highest BCUT2D eigenvalue weighted by molar-refractivity contribution is 6.10. The van der Waals surface area contributed by atoms with Gasteiger partial charge in [-0.3, -0.25) is 19.7 Å². The molecule has 0 saturated heterocycles. The molecule has 0 fully saturated rings. The van der Waals surface area contributed by atoms with Crippen molar-refractivity contribution in [1.82, 2.24) is 5.32 Å². The monoisotopic (exact) mass is 553 g/mol. The third-order valence-corrected chi connectivity index (χ3v) is 7.78. The van der Waals surface area contributed by atoms with E-state index in [1.165, 1.54) is 12.1 Å². The topological polar surface area (TPSA) is 120 Å². The van der Waals surface area contributed by atoms with Crippen LogP contribution in [0, 0.1) is 17.0 Å². The van der Waals surface area contributed by atoms with Crippen LogP contribution >= 0.6 is 0 Å². The number of anilines is 1.